The molecule has 90 valence electrons. The minimum Gasteiger partial charge on any atom is -0.348 e. The normalized spacial score (nSPS) is 11.0. The number of H-pyrrole nitrogens is 1. The molecule has 0 fully saturated rings. The number of hydrogen-bond donors (Lipinski definition) is 1. The van der Waals surface area contributed by atoms with Gasteiger partial charge in [0, 0.05) is 5.69 Å². The van der Waals surface area contributed by atoms with Gasteiger partial charge in [0.15, 0.2) is 0 Å². The highest BCUT2D eigenvalue weighted by Gasteiger charge is 2.07. The van der Waals surface area contributed by atoms with Crippen LogP contribution in [0.1, 0.15) is 30.8 Å². The lowest BCUT2D eigenvalue weighted by Gasteiger charge is -2.05. The quantitative estimate of drug-likeness (QED) is 0.835. The minimum absolute atomic E-state index is 0.672. The molecule has 0 saturated heterocycles. The number of rotatable bonds is 5. The zero-order chi connectivity index (χ0) is 12.1. The standard InChI is InChI=1S/C15H20N2/c1-12(2)10-15-14(16-11-17-15)9-8-13-6-4-3-5-7-13/h3-7,11-12H,8-10H2,1-2H3,(H,16,17). The minimum atomic E-state index is 0.672. The number of aromatic amines is 1. The van der Waals surface area contributed by atoms with Crippen molar-refractivity contribution in [2.24, 2.45) is 5.92 Å². The molecule has 2 heteroatoms. The molecule has 0 radical (unpaired) electrons. The van der Waals surface area contributed by atoms with Crippen molar-refractivity contribution in [3.63, 3.8) is 0 Å². The van der Waals surface area contributed by atoms with E-state index in [1.807, 2.05) is 6.33 Å². The molecule has 0 amide bonds. The Kier molecular flexibility index (Phi) is 3.97. The van der Waals surface area contributed by atoms with Gasteiger partial charge in [-0.15, -0.1) is 0 Å². The van der Waals surface area contributed by atoms with Crippen LogP contribution in [-0.4, -0.2) is 9.97 Å². The fourth-order valence-corrected chi connectivity index (χ4v) is 2.06. The van der Waals surface area contributed by atoms with Crippen LogP contribution in [0.25, 0.3) is 0 Å². The maximum absolute atomic E-state index is 4.43. The Balaban J connectivity index is 1.97. The summed E-state index contributed by atoms with van der Waals surface area (Å²) in [5.41, 5.74) is 3.91. The van der Waals surface area contributed by atoms with Gasteiger partial charge >= 0.3 is 0 Å². The van der Waals surface area contributed by atoms with E-state index in [0.717, 1.165) is 19.3 Å². The van der Waals surface area contributed by atoms with E-state index in [2.05, 4.69) is 54.1 Å². The second-order valence-corrected chi connectivity index (χ2v) is 4.91. The molecule has 2 nitrogen and oxygen atoms in total. The van der Waals surface area contributed by atoms with Gasteiger partial charge in [0.05, 0.1) is 12.0 Å². The van der Waals surface area contributed by atoms with Crippen LogP contribution in [0.2, 0.25) is 0 Å². The zero-order valence-corrected chi connectivity index (χ0v) is 10.6. The van der Waals surface area contributed by atoms with E-state index in [0.29, 0.717) is 5.92 Å². The van der Waals surface area contributed by atoms with Crippen molar-refractivity contribution in [2.45, 2.75) is 33.1 Å². The van der Waals surface area contributed by atoms with E-state index in [1.165, 1.54) is 17.0 Å². The Morgan fingerprint density at radius 3 is 2.59 bits per heavy atom. The summed E-state index contributed by atoms with van der Waals surface area (Å²) in [5, 5.41) is 0. The van der Waals surface area contributed by atoms with Gasteiger partial charge in [-0.05, 0) is 30.7 Å². The van der Waals surface area contributed by atoms with Crippen LogP contribution < -0.4 is 0 Å². The van der Waals surface area contributed by atoms with Gasteiger partial charge in [-0.3, -0.25) is 0 Å². The summed E-state index contributed by atoms with van der Waals surface area (Å²) in [6.45, 7) is 4.48. The van der Waals surface area contributed by atoms with Crippen molar-refractivity contribution in [1.82, 2.24) is 9.97 Å². The van der Waals surface area contributed by atoms with Gasteiger partial charge in [0.2, 0.25) is 0 Å². The molecule has 2 rings (SSSR count). The number of nitrogens with one attached hydrogen (secondary N) is 1. The number of hydrogen-bond acceptors (Lipinski definition) is 1. The van der Waals surface area contributed by atoms with Gasteiger partial charge in [-0.2, -0.15) is 0 Å². The lowest BCUT2D eigenvalue weighted by atomic mass is 10.0. The number of nitrogens with zero attached hydrogens (tertiary/aromatic N) is 1. The Hall–Kier alpha value is -1.57. The van der Waals surface area contributed by atoms with Crippen molar-refractivity contribution >= 4 is 0 Å². The topological polar surface area (TPSA) is 28.7 Å². The molecule has 0 aliphatic rings. The predicted molar refractivity (Wildman–Crippen MR) is 71.0 cm³/mol. The molecular weight excluding hydrogens is 208 g/mol. The molecule has 0 aliphatic heterocycles. The first kappa shape index (κ1) is 11.9. The van der Waals surface area contributed by atoms with Crippen LogP contribution in [0.15, 0.2) is 36.7 Å². The third-order valence-electron chi connectivity index (χ3n) is 2.91. The van der Waals surface area contributed by atoms with Gasteiger partial charge in [0.1, 0.15) is 0 Å². The highest BCUT2D eigenvalue weighted by atomic mass is 14.9. The molecule has 17 heavy (non-hydrogen) atoms. The van der Waals surface area contributed by atoms with Gasteiger partial charge in [-0.1, -0.05) is 44.2 Å². The molecule has 0 unspecified atom stereocenters. The van der Waals surface area contributed by atoms with E-state index in [9.17, 15) is 0 Å². The average Bonchev–Trinajstić information content (AvgIpc) is 2.74. The number of aryl methyl sites for hydroxylation is 2. The van der Waals surface area contributed by atoms with Crippen LogP contribution in [0, 0.1) is 5.92 Å². The van der Waals surface area contributed by atoms with E-state index in [4.69, 9.17) is 0 Å². The maximum Gasteiger partial charge on any atom is 0.0925 e. The molecule has 0 aliphatic carbocycles. The van der Waals surface area contributed by atoms with E-state index in [1.54, 1.807) is 0 Å². The van der Waals surface area contributed by atoms with Crippen LogP contribution in [0.3, 0.4) is 0 Å². The highest BCUT2D eigenvalue weighted by molar-refractivity contribution is 5.18. The number of imidazole rings is 1. The molecule has 0 atom stereocenters. The largest absolute Gasteiger partial charge is 0.348 e. The first-order valence-corrected chi connectivity index (χ1v) is 6.30. The lowest BCUT2D eigenvalue weighted by molar-refractivity contribution is 0.631. The van der Waals surface area contributed by atoms with Gasteiger partial charge in [0.25, 0.3) is 0 Å². The number of aromatic nitrogens is 2. The summed E-state index contributed by atoms with van der Waals surface area (Å²) in [5.74, 6) is 0.672. The highest BCUT2D eigenvalue weighted by Crippen LogP contribution is 2.12. The first-order chi connectivity index (χ1) is 8.25. The molecular formula is C15H20N2. The monoisotopic (exact) mass is 228 g/mol. The van der Waals surface area contributed by atoms with Crippen molar-refractivity contribution in [2.75, 3.05) is 0 Å². The molecule has 2 aromatic rings. The second kappa shape index (κ2) is 5.67. The Bertz CT molecular complexity index is 443. The number of benzene rings is 1. The fourth-order valence-electron chi connectivity index (χ4n) is 2.06. The average molecular weight is 228 g/mol. The Morgan fingerprint density at radius 2 is 1.88 bits per heavy atom. The van der Waals surface area contributed by atoms with E-state index in [-0.39, 0.29) is 0 Å². The molecule has 0 spiro atoms. The van der Waals surface area contributed by atoms with E-state index < -0.39 is 0 Å². The molecule has 1 aromatic carbocycles. The summed E-state index contributed by atoms with van der Waals surface area (Å²) in [4.78, 5) is 7.69. The summed E-state index contributed by atoms with van der Waals surface area (Å²) < 4.78 is 0. The summed E-state index contributed by atoms with van der Waals surface area (Å²) in [6.07, 6.45) is 4.99. The van der Waals surface area contributed by atoms with Gasteiger partial charge in [-0.25, -0.2) is 4.98 Å². The van der Waals surface area contributed by atoms with Crippen LogP contribution >= 0.6 is 0 Å². The zero-order valence-electron chi connectivity index (χ0n) is 10.6. The summed E-state index contributed by atoms with van der Waals surface area (Å²) in [6, 6.07) is 10.6. The van der Waals surface area contributed by atoms with E-state index >= 15 is 0 Å². The smallest absolute Gasteiger partial charge is 0.0925 e. The van der Waals surface area contributed by atoms with Crippen LogP contribution in [0.5, 0.6) is 0 Å². The summed E-state index contributed by atoms with van der Waals surface area (Å²) in [7, 11) is 0. The summed E-state index contributed by atoms with van der Waals surface area (Å²) >= 11 is 0. The van der Waals surface area contributed by atoms with Crippen LogP contribution in [-0.2, 0) is 19.3 Å². The molecule has 0 bridgehead atoms. The van der Waals surface area contributed by atoms with Crippen molar-refractivity contribution in [1.29, 1.82) is 0 Å². The first-order valence-electron chi connectivity index (χ1n) is 6.30. The molecule has 1 N–H and O–H groups in total. The SMILES string of the molecule is CC(C)Cc1[nH]cnc1CCc1ccccc1. The molecule has 1 aromatic heterocycles. The third kappa shape index (κ3) is 3.45. The Labute approximate surface area is 103 Å². The molecule has 0 saturated carbocycles. The lowest BCUT2D eigenvalue weighted by Crippen LogP contribution is -2.00. The maximum atomic E-state index is 4.43. The predicted octanol–water partition coefficient (Wildman–Crippen LogP) is 3.39. The third-order valence-corrected chi connectivity index (χ3v) is 2.91. The van der Waals surface area contributed by atoms with Crippen molar-refractivity contribution < 1.29 is 0 Å². The van der Waals surface area contributed by atoms with Crippen molar-refractivity contribution in [3.8, 4) is 0 Å². The Morgan fingerprint density at radius 1 is 1.12 bits per heavy atom. The van der Waals surface area contributed by atoms with Crippen molar-refractivity contribution in [3.05, 3.63) is 53.6 Å². The van der Waals surface area contributed by atoms with Gasteiger partial charge < -0.3 is 4.98 Å². The second-order valence-electron chi connectivity index (χ2n) is 4.91. The van der Waals surface area contributed by atoms with Crippen LogP contribution in [0.4, 0.5) is 0 Å². The molecule has 1 heterocycles. The fraction of sp³-hybridized carbons (Fsp3) is 0.400.